The summed E-state index contributed by atoms with van der Waals surface area (Å²) in [5.41, 5.74) is 5.17. The number of hydrogen-bond acceptors (Lipinski definition) is 5. The van der Waals surface area contributed by atoms with Gasteiger partial charge < -0.3 is 15.2 Å². The molecule has 0 bridgehead atoms. The van der Waals surface area contributed by atoms with Gasteiger partial charge in [-0.3, -0.25) is 4.79 Å². The maximum Gasteiger partial charge on any atom is 0.220 e. The van der Waals surface area contributed by atoms with Gasteiger partial charge in [0.15, 0.2) is 0 Å². The number of amides is 1. The molecule has 138 valence electrons. The molecule has 1 aromatic carbocycles. The maximum atomic E-state index is 12.6. The minimum Gasteiger partial charge on any atom is -0.493 e. The first-order valence-electron chi connectivity index (χ1n) is 9.22. The van der Waals surface area contributed by atoms with E-state index in [1.165, 1.54) is 10.4 Å². The summed E-state index contributed by atoms with van der Waals surface area (Å²) in [5, 5.41) is 12.9. The molecule has 1 aliphatic heterocycles. The molecule has 0 spiro atoms. The second kappa shape index (κ2) is 7.37. The van der Waals surface area contributed by atoms with Crippen molar-refractivity contribution in [2.45, 2.75) is 51.2 Å². The third-order valence-corrected chi connectivity index (χ3v) is 6.43. The normalized spacial score (nSPS) is 22.2. The van der Waals surface area contributed by atoms with Crippen molar-refractivity contribution in [1.29, 1.82) is 0 Å². The summed E-state index contributed by atoms with van der Waals surface area (Å²) in [6, 6.07) is 6.17. The van der Waals surface area contributed by atoms with Crippen molar-refractivity contribution in [3.63, 3.8) is 0 Å². The molecule has 1 atom stereocenters. The van der Waals surface area contributed by atoms with Crippen molar-refractivity contribution < 1.29 is 14.6 Å². The Labute approximate surface area is 157 Å². The van der Waals surface area contributed by atoms with E-state index in [0.29, 0.717) is 12.3 Å². The first kappa shape index (κ1) is 17.5. The Kier molecular flexibility index (Phi) is 4.96. The number of nitrogens with zero attached hydrogens (tertiary/aromatic N) is 1. The molecule has 1 saturated carbocycles. The van der Waals surface area contributed by atoms with E-state index in [1.54, 1.807) is 11.3 Å². The summed E-state index contributed by atoms with van der Waals surface area (Å²) >= 11 is 1.60. The third kappa shape index (κ3) is 3.62. The van der Waals surface area contributed by atoms with Crippen molar-refractivity contribution in [2.75, 3.05) is 6.61 Å². The molecule has 1 amide bonds. The summed E-state index contributed by atoms with van der Waals surface area (Å²) in [6.07, 6.45) is 3.35. The topological polar surface area (TPSA) is 71.5 Å². The number of rotatable bonds is 6. The van der Waals surface area contributed by atoms with Crippen LogP contribution in [-0.2, 0) is 17.6 Å². The molecule has 2 aromatic rings. The molecule has 0 saturated heterocycles. The highest BCUT2D eigenvalue weighted by Gasteiger charge is 2.36. The number of carbonyl (C=O) groups is 1. The van der Waals surface area contributed by atoms with E-state index in [1.807, 2.05) is 24.6 Å². The smallest absolute Gasteiger partial charge is 0.220 e. The van der Waals surface area contributed by atoms with Gasteiger partial charge in [0.2, 0.25) is 5.91 Å². The van der Waals surface area contributed by atoms with Gasteiger partial charge in [0.25, 0.3) is 0 Å². The third-order valence-electron chi connectivity index (χ3n) is 5.43. The number of fused-ring (bicyclic) bond motifs is 1. The number of carbonyl (C=O) groups excluding carboxylic acids is 1. The van der Waals surface area contributed by atoms with Crippen LogP contribution in [0.3, 0.4) is 0 Å². The molecule has 1 aromatic heterocycles. The number of hydrogen-bond donors (Lipinski definition) is 2. The average molecular weight is 372 g/mol. The summed E-state index contributed by atoms with van der Waals surface area (Å²) < 4.78 is 5.59. The molecule has 2 aliphatic rings. The van der Waals surface area contributed by atoms with Crippen molar-refractivity contribution in [1.82, 2.24) is 10.3 Å². The van der Waals surface area contributed by atoms with Gasteiger partial charge in [-0.1, -0.05) is 6.07 Å². The first-order chi connectivity index (χ1) is 12.6. The molecule has 26 heavy (non-hydrogen) atoms. The van der Waals surface area contributed by atoms with Gasteiger partial charge in [-0.05, 0) is 55.4 Å². The molecular weight excluding hydrogens is 348 g/mol. The Morgan fingerprint density at radius 2 is 2.31 bits per heavy atom. The fourth-order valence-corrected chi connectivity index (χ4v) is 4.60. The van der Waals surface area contributed by atoms with Crippen molar-refractivity contribution >= 4 is 17.2 Å². The van der Waals surface area contributed by atoms with Crippen LogP contribution in [0.15, 0.2) is 23.7 Å². The van der Waals surface area contributed by atoms with Crippen LogP contribution in [0.5, 0.6) is 5.75 Å². The van der Waals surface area contributed by atoms with Gasteiger partial charge in [-0.15, -0.1) is 11.3 Å². The van der Waals surface area contributed by atoms with Crippen LogP contribution in [0.4, 0.5) is 0 Å². The molecule has 1 aliphatic carbocycles. The van der Waals surface area contributed by atoms with E-state index < -0.39 is 0 Å². The fraction of sp³-hybridized carbons (Fsp3) is 0.500. The molecule has 5 nitrogen and oxygen atoms in total. The Bertz CT molecular complexity index is 798. The quantitative estimate of drug-likeness (QED) is 0.818. The van der Waals surface area contributed by atoms with Gasteiger partial charge in [0, 0.05) is 17.7 Å². The van der Waals surface area contributed by atoms with Gasteiger partial charge in [-0.25, -0.2) is 4.98 Å². The lowest BCUT2D eigenvalue weighted by atomic mass is 9.74. The zero-order chi connectivity index (χ0) is 18.1. The van der Waals surface area contributed by atoms with Gasteiger partial charge >= 0.3 is 0 Å². The number of aliphatic hydroxyl groups is 1. The number of aliphatic hydroxyl groups excluding tert-OH is 1. The summed E-state index contributed by atoms with van der Waals surface area (Å²) in [7, 11) is 0. The van der Waals surface area contributed by atoms with Crippen LogP contribution in [0, 0.1) is 12.8 Å². The van der Waals surface area contributed by atoms with Crippen LogP contribution in [0.2, 0.25) is 0 Å². The standard InChI is InChI=1S/C20H24N2O3S/c1-12-18(26-11-21-12)4-5-19(24)22-20(15-9-16(23)10-15)14-2-3-17-13(8-14)6-7-25-17/h2-3,8,11,15-16,20,23H,4-7,9-10H2,1H3,(H,22,24)/t15?,16?,20-/m1/s1. The number of ether oxygens (including phenoxy) is 1. The monoisotopic (exact) mass is 372 g/mol. The van der Waals surface area contributed by atoms with E-state index in [4.69, 9.17) is 4.74 Å². The summed E-state index contributed by atoms with van der Waals surface area (Å²) in [4.78, 5) is 18.0. The van der Waals surface area contributed by atoms with E-state index >= 15 is 0 Å². The van der Waals surface area contributed by atoms with Crippen LogP contribution >= 0.6 is 11.3 Å². The average Bonchev–Trinajstić information content (AvgIpc) is 3.23. The number of aromatic nitrogens is 1. The minimum absolute atomic E-state index is 0.0423. The number of nitrogens with one attached hydrogen (secondary N) is 1. The molecule has 0 radical (unpaired) electrons. The zero-order valence-electron chi connectivity index (χ0n) is 14.9. The van der Waals surface area contributed by atoms with Crippen LogP contribution < -0.4 is 10.1 Å². The van der Waals surface area contributed by atoms with E-state index in [2.05, 4.69) is 16.4 Å². The Morgan fingerprint density at radius 1 is 1.46 bits per heavy atom. The molecule has 2 heterocycles. The highest BCUT2D eigenvalue weighted by atomic mass is 32.1. The summed E-state index contributed by atoms with van der Waals surface area (Å²) in [5.74, 6) is 1.30. The molecule has 4 rings (SSSR count). The molecule has 6 heteroatoms. The predicted molar refractivity (Wildman–Crippen MR) is 100 cm³/mol. The lowest BCUT2D eigenvalue weighted by Gasteiger charge is -2.38. The molecule has 0 unspecified atom stereocenters. The Hall–Kier alpha value is -1.92. The van der Waals surface area contributed by atoms with Gasteiger partial charge in [-0.2, -0.15) is 0 Å². The Morgan fingerprint density at radius 3 is 3.04 bits per heavy atom. The van der Waals surface area contributed by atoms with Crippen LogP contribution in [-0.4, -0.2) is 28.7 Å². The number of aryl methyl sites for hydroxylation is 2. The van der Waals surface area contributed by atoms with E-state index in [0.717, 1.165) is 49.3 Å². The summed E-state index contributed by atoms with van der Waals surface area (Å²) in [6.45, 7) is 2.71. The van der Waals surface area contributed by atoms with Crippen molar-refractivity contribution in [3.8, 4) is 5.75 Å². The number of benzene rings is 1. The lowest BCUT2D eigenvalue weighted by molar-refractivity contribution is -0.123. The second-order valence-corrected chi connectivity index (χ2v) is 8.20. The SMILES string of the molecule is Cc1ncsc1CCC(=O)N[C@H](c1ccc2c(c1)CCO2)C1CC(O)C1. The van der Waals surface area contributed by atoms with Gasteiger partial charge in [0.1, 0.15) is 5.75 Å². The lowest BCUT2D eigenvalue weighted by Crippen LogP contribution is -2.41. The fourth-order valence-electron chi connectivity index (χ4n) is 3.81. The number of thiazole rings is 1. The zero-order valence-corrected chi connectivity index (χ0v) is 15.7. The first-order valence-corrected chi connectivity index (χ1v) is 10.1. The van der Waals surface area contributed by atoms with Crippen LogP contribution in [0.25, 0.3) is 0 Å². The Balaban J connectivity index is 1.45. The predicted octanol–water partition coefficient (Wildman–Crippen LogP) is 2.95. The molecular formula is C20H24N2O3S. The minimum atomic E-state index is -0.239. The maximum absolute atomic E-state index is 12.6. The molecule has 2 N–H and O–H groups in total. The largest absolute Gasteiger partial charge is 0.493 e. The van der Waals surface area contributed by atoms with Crippen molar-refractivity contribution in [2.24, 2.45) is 5.92 Å². The highest BCUT2D eigenvalue weighted by molar-refractivity contribution is 7.09. The van der Waals surface area contributed by atoms with Crippen LogP contribution in [0.1, 0.15) is 47.0 Å². The van der Waals surface area contributed by atoms with E-state index in [-0.39, 0.29) is 18.1 Å². The van der Waals surface area contributed by atoms with Gasteiger partial charge in [0.05, 0.1) is 30.0 Å². The highest BCUT2D eigenvalue weighted by Crippen LogP contribution is 2.39. The molecule has 1 fully saturated rings. The van der Waals surface area contributed by atoms with E-state index in [9.17, 15) is 9.90 Å². The second-order valence-electron chi connectivity index (χ2n) is 7.26. The van der Waals surface area contributed by atoms with Crippen molar-refractivity contribution in [3.05, 3.63) is 45.4 Å².